The Balaban J connectivity index is 1.97. The lowest BCUT2D eigenvalue weighted by molar-refractivity contribution is -0.119. The van der Waals surface area contributed by atoms with E-state index in [-0.39, 0.29) is 29.4 Å². The molecule has 4 nitrogen and oxygen atoms in total. The maximum absolute atomic E-state index is 12.9. The van der Waals surface area contributed by atoms with Crippen LogP contribution >= 0.6 is 11.8 Å². The second-order valence-electron chi connectivity index (χ2n) is 5.82. The fourth-order valence-electron chi connectivity index (χ4n) is 2.17. The minimum atomic E-state index is -0.309. The first-order valence-corrected chi connectivity index (χ1v) is 8.98. The first-order chi connectivity index (χ1) is 12.0. The maximum atomic E-state index is 12.9. The van der Waals surface area contributed by atoms with Crippen molar-refractivity contribution < 1.29 is 14.0 Å². The van der Waals surface area contributed by atoms with Crippen molar-refractivity contribution in [2.75, 3.05) is 5.75 Å². The second kappa shape index (κ2) is 9.22. The molecule has 6 heteroatoms. The number of carbonyl (C=O) groups is 2. The molecule has 0 aliphatic heterocycles. The summed E-state index contributed by atoms with van der Waals surface area (Å²) < 4.78 is 12.9. The van der Waals surface area contributed by atoms with E-state index in [0.29, 0.717) is 12.1 Å². The van der Waals surface area contributed by atoms with Gasteiger partial charge in [0.1, 0.15) is 5.82 Å². The molecule has 0 saturated heterocycles. The molecule has 0 saturated carbocycles. The Morgan fingerprint density at radius 3 is 2.44 bits per heavy atom. The Kier molecular flexibility index (Phi) is 7.01. The molecular weight excluding hydrogens is 339 g/mol. The summed E-state index contributed by atoms with van der Waals surface area (Å²) in [5.74, 6) is -0.352. The Hall–Kier alpha value is -2.34. The molecule has 2 aromatic carbocycles. The van der Waals surface area contributed by atoms with Crippen molar-refractivity contribution in [2.45, 2.75) is 31.3 Å². The number of thioether (sulfide) groups is 1. The van der Waals surface area contributed by atoms with Gasteiger partial charge in [0.25, 0.3) is 5.91 Å². The van der Waals surface area contributed by atoms with Crippen molar-refractivity contribution in [1.29, 1.82) is 0 Å². The van der Waals surface area contributed by atoms with Crippen molar-refractivity contribution in [3.63, 3.8) is 0 Å². The first kappa shape index (κ1) is 19.0. The van der Waals surface area contributed by atoms with Crippen molar-refractivity contribution >= 4 is 23.6 Å². The van der Waals surface area contributed by atoms with Crippen LogP contribution in [0.4, 0.5) is 4.39 Å². The summed E-state index contributed by atoms with van der Waals surface area (Å²) in [7, 11) is 0. The molecule has 0 heterocycles. The molecular formula is C19H21FN2O2S. The van der Waals surface area contributed by atoms with Crippen LogP contribution in [0.2, 0.25) is 0 Å². The molecule has 0 radical (unpaired) electrons. The quantitative estimate of drug-likeness (QED) is 0.745. The molecule has 2 N–H and O–H groups in total. The third-order valence-electron chi connectivity index (χ3n) is 3.31. The fourth-order valence-corrected chi connectivity index (χ4v) is 3.03. The molecule has 0 aliphatic carbocycles. The van der Waals surface area contributed by atoms with Gasteiger partial charge in [-0.15, -0.1) is 11.8 Å². The van der Waals surface area contributed by atoms with Crippen LogP contribution in [0.3, 0.4) is 0 Å². The maximum Gasteiger partial charge on any atom is 0.252 e. The summed E-state index contributed by atoms with van der Waals surface area (Å²) in [6.45, 7) is 4.12. The van der Waals surface area contributed by atoms with Crippen molar-refractivity contribution in [1.82, 2.24) is 10.6 Å². The lowest BCUT2D eigenvalue weighted by atomic mass is 10.2. The van der Waals surface area contributed by atoms with E-state index in [0.717, 1.165) is 10.5 Å². The highest BCUT2D eigenvalue weighted by atomic mass is 32.2. The van der Waals surface area contributed by atoms with Gasteiger partial charge < -0.3 is 10.6 Å². The third kappa shape index (κ3) is 6.23. The molecule has 2 amide bonds. The van der Waals surface area contributed by atoms with Crippen molar-refractivity contribution in [2.24, 2.45) is 0 Å². The van der Waals surface area contributed by atoms with Crippen LogP contribution in [-0.2, 0) is 11.3 Å². The molecule has 0 fully saturated rings. The molecule has 25 heavy (non-hydrogen) atoms. The summed E-state index contributed by atoms with van der Waals surface area (Å²) in [5.41, 5.74) is 1.34. The number of hydrogen-bond acceptors (Lipinski definition) is 3. The molecule has 0 bridgehead atoms. The van der Waals surface area contributed by atoms with Gasteiger partial charge in [-0.25, -0.2) is 4.39 Å². The van der Waals surface area contributed by atoms with Crippen LogP contribution in [0.15, 0.2) is 53.4 Å². The normalized spacial score (nSPS) is 10.6. The molecule has 132 valence electrons. The minimum Gasteiger partial charge on any atom is -0.353 e. The van der Waals surface area contributed by atoms with Gasteiger partial charge in [-0.3, -0.25) is 9.59 Å². The highest BCUT2D eigenvalue weighted by Gasteiger charge is 2.13. The van der Waals surface area contributed by atoms with E-state index in [4.69, 9.17) is 0 Å². The van der Waals surface area contributed by atoms with Gasteiger partial charge >= 0.3 is 0 Å². The van der Waals surface area contributed by atoms with Gasteiger partial charge in [0.2, 0.25) is 5.91 Å². The summed E-state index contributed by atoms with van der Waals surface area (Å²) >= 11 is 1.33. The van der Waals surface area contributed by atoms with Gasteiger partial charge in [0, 0.05) is 17.5 Å². The van der Waals surface area contributed by atoms with E-state index in [9.17, 15) is 14.0 Å². The number of carbonyl (C=O) groups excluding carboxylic acids is 2. The van der Waals surface area contributed by atoms with E-state index in [1.54, 1.807) is 24.3 Å². The average molecular weight is 360 g/mol. The smallest absolute Gasteiger partial charge is 0.252 e. The minimum absolute atomic E-state index is 0.0680. The second-order valence-corrected chi connectivity index (χ2v) is 6.83. The fraction of sp³-hybridized carbons (Fsp3) is 0.263. The molecule has 0 aromatic heterocycles. The third-order valence-corrected chi connectivity index (χ3v) is 4.38. The number of amides is 2. The van der Waals surface area contributed by atoms with Gasteiger partial charge in [0.05, 0.1) is 11.3 Å². The van der Waals surface area contributed by atoms with Crippen molar-refractivity contribution in [3.8, 4) is 0 Å². The molecule has 2 aromatic rings. The summed E-state index contributed by atoms with van der Waals surface area (Å²) in [6.07, 6.45) is 0. The van der Waals surface area contributed by atoms with Gasteiger partial charge in [0.15, 0.2) is 0 Å². The van der Waals surface area contributed by atoms with E-state index >= 15 is 0 Å². The summed E-state index contributed by atoms with van der Waals surface area (Å²) in [6, 6.07) is 13.2. The van der Waals surface area contributed by atoms with Crippen LogP contribution in [0.1, 0.15) is 29.8 Å². The van der Waals surface area contributed by atoms with E-state index < -0.39 is 0 Å². The van der Waals surface area contributed by atoms with E-state index in [1.165, 1.54) is 23.9 Å². The first-order valence-electron chi connectivity index (χ1n) is 7.99. The SMILES string of the molecule is CC(C)NC(=O)CSc1ccccc1C(=O)NCc1ccc(F)cc1. The topological polar surface area (TPSA) is 58.2 Å². The van der Waals surface area contributed by atoms with Crippen LogP contribution in [0.5, 0.6) is 0 Å². The zero-order valence-electron chi connectivity index (χ0n) is 14.2. The van der Waals surface area contributed by atoms with Crippen LogP contribution in [0, 0.1) is 5.82 Å². The lowest BCUT2D eigenvalue weighted by Gasteiger charge is -2.11. The highest BCUT2D eigenvalue weighted by Crippen LogP contribution is 2.22. The molecule has 0 spiro atoms. The molecule has 0 aliphatic rings. The largest absolute Gasteiger partial charge is 0.353 e. The van der Waals surface area contributed by atoms with Gasteiger partial charge in [-0.05, 0) is 43.7 Å². The summed E-state index contributed by atoms with van der Waals surface area (Å²) in [4.78, 5) is 25.0. The van der Waals surface area contributed by atoms with Crippen LogP contribution in [0.25, 0.3) is 0 Å². The zero-order valence-corrected chi connectivity index (χ0v) is 15.0. The van der Waals surface area contributed by atoms with Crippen LogP contribution in [-0.4, -0.2) is 23.6 Å². The molecule has 2 rings (SSSR count). The van der Waals surface area contributed by atoms with Crippen LogP contribution < -0.4 is 10.6 Å². The number of benzene rings is 2. The monoisotopic (exact) mass is 360 g/mol. The molecule has 0 atom stereocenters. The lowest BCUT2D eigenvalue weighted by Crippen LogP contribution is -2.31. The predicted molar refractivity (Wildman–Crippen MR) is 98.0 cm³/mol. The number of halogens is 1. The van der Waals surface area contributed by atoms with Gasteiger partial charge in [-0.1, -0.05) is 24.3 Å². The Labute approximate surface area is 151 Å². The highest BCUT2D eigenvalue weighted by molar-refractivity contribution is 8.00. The average Bonchev–Trinajstić information content (AvgIpc) is 2.59. The van der Waals surface area contributed by atoms with Gasteiger partial charge in [-0.2, -0.15) is 0 Å². The zero-order chi connectivity index (χ0) is 18.2. The number of rotatable bonds is 7. The molecule has 0 unspecified atom stereocenters. The van der Waals surface area contributed by atoms with E-state index in [2.05, 4.69) is 10.6 Å². The Bertz CT molecular complexity index is 732. The Morgan fingerprint density at radius 1 is 1.08 bits per heavy atom. The van der Waals surface area contributed by atoms with Crippen molar-refractivity contribution in [3.05, 3.63) is 65.5 Å². The standard InChI is InChI=1S/C19H21FN2O2S/c1-13(2)22-18(23)12-25-17-6-4-3-5-16(17)19(24)21-11-14-7-9-15(20)10-8-14/h3-10,13H,11-12H2,1-2H3,(H,21,24)(H,22,23). The summed E-state index contributed by atoms with van der Waals surface area (Å²) in [5, 5.41) is 5.64. The van der Waals surface area contributed by atoms with E-state index in [1.807, 2.05) is 26.0 Å². The number of hydrogen-bond donors (Lipinski definition) is 2. The Morgan fingerprint density at radius 2 is 1.76 bits per heavy atom. The number of nitrogens with one attached hydrogen (secondary N) is 2. The predicted octanol–water partition coefficient (Wildman–Crippen LogP) is 3.37.